The monoisotopic (exact) mass is 364 g/mol. The van der Waals surface area contributed by atoms with Gasteiger partial charge in [-0.3, -0.25) is 0 Å². The smallest absolute Gasteiger partial charge is 0.223 e. The molecule has 0 spiro atoms. The number of fused-ring (bicyclic) bond motifs is 1. The zero-order valence-electron chi connectivity index (χ0n) is 15.6. The Kier molecular flexibility index (Phi) is 5.53. The second kappa shape index (κ2) is 8.39. The van der Waals surface area contributed by atoms with Crippen molar-refractivity contribution in [1.29, 1.82) is 0 Å². The first-order valence-corrected chi connectivity index (χ1v) is 9.55. The molecule has 6 nitrogen and oxygen atoms in total. The predicted octanol–water partition coefficient (Wildman–Crippen LogP) is 4.21. The Balaban J connectivity index is 1.92. The van der Waals surface area contributed by atoms with Crippen LogP contribution in [-0.2, 0) is 17.6 Å². The normalized spacial score (nSPS) is 16.0. The van der Waals surface area contributed by atoms with Crippen LogP contribution in [0.3, 0.4) is 0 Å². The van der Waals surface area contributed by atoms with Crippen molar-refractivity contribution in [2.45, 2.75) is 32.1 Å². The second-order valence-electron chi connectivity index (χ2n) is 6.80. The number of methoxy groups -OCH3 is 1. The standard InChI is InChI=1S/C21H24N4O2/c1-26-12-13-27-21-20(18-14-22-25-24-18)19(15-8-4-2-5-9-15)16-10-6-3-7-11-17(16)23-21/h2,4-5,8-9H,3,6-7,10-14H2,1H3. The van der Waals surface area contributed by atoms with E-state index in [-0.39, 0.29) is 0 Å². The van der Waals surface area contributed by atoms with Crippen LogP contribution in [0.1, 0.15) is 36.1 Å². The van der Waals surface area contributed by atoms with Crippen molar-refractivity contribution >= 4 is 5.71 Å². The first-order chi connectivity index (χ1) is 13.4. The average Bonchev–Trinajstić information content (AvgIpc) is 3.13. The summed E-state index contributed by atoms with van der Waals surface area (Å²) in [6.07, 6.45) is 5.58. The number of nitrogens with zero attached hydrogens (tertiary/aromatic N) is 4. The fourth-order valence-electron chi connectivity index (χ4n) is 3.76. The molecule has 1 aliphatic heterocycles. The summed E-state index contributed by atoms with van der Waals surface area (Å²) in [6.45, 7) is 1.42. The zero-order chi connectivity index (χ0) is 18.5. The van der Waals surface area contributed by atoms with Crippen LogP contribution >= 0.6 is 0 Å². The van der Waals surface area contributed by atoms with Gasteiger partial charge in [0, 0.05) is 18.4 Å². The van der Waals surface area contributed by atoms with Crippen LogP contribution in [0, 0.1) is 0 Å². The highest BCUT2D eigenvalue weighted by atomic mass is 16.5. The molecule has 0 saturated carbocycles. The molecule has 1 aromatic carbocycles. The molecule has 6 heteroatoms. The number of aryl methyl sites for hydroxylation is 1. The minimum atomic E-state index is 0.449. The summed E-state index contributed by atoms with van der Waals surface area (Å²) in [5.41, 5.74) is 6.57. The van der Waals surface area contributed by atoms with Gasteiger partial charge in [0.15, 0.2) is 0 Å². The van der Waals surface area contributed by atoms with Gasteiger partial charge in [0.2, 0.25) is 5.88 Å². The number of aromatic nitrogens is 1. The summed E-state index contributed by atoms with van der Waals surface area (Å²) in [7, 11) is 1.67. The van der Waals surface area contributed by atoms with Gasteiger partial charge >= 0.3 is 0 Å². The summed E-state index contributed by atoms with van der Waals surface area (Å²) in [5, 5.41) is 12.2. The van der Waals surface area contributed by atoms with Gasteiger partial charge in [-0.1, -0.05) is 36.8 Å². The van der Waals surface area contributed by atoms with Crippen molar-refractivity contribution in [2.75, 3.05) is 26.9 Å². The van der Waals surface area contributed by atoms with Crippen molar-refractivity contribution in [2.24, 2.45) is 15.4 Å². The fraction of sp³-hybridized carbons (Fsp3) is 0.429. The zero-order valence-corrected chi connectivity index (χ0v) is 15.6. The van der Waals surface area contributed by atoms with Crippen LogP contribution in [0.5, 0.6) is 5.88 Å². The lowest BCUT2D eigenvalue weighted by Crippen LogP contribution is -2.16. The van der Waals surface area contributed by atoms with E-state index in [9.17, 15) is 0 Å². The third-order valence-electron chi connectivity index (χ3n) is 5.02. The third kappa shape index (κ3) is 3.76. The fourth-order valence-corrected chi connectivity index (χ4v) is 3.76. The molecule has 0 N–H and O–H groups in total. The minimum absolute atomic E-state index is 0.449. The number of benzene rings is 1. The Morgan fingerprint density at radius 2 is 1.81 bits per heavy atom. The molecule has 0 fully saturated rings. The van der Waals surface area contributed by atoms with Crippen molar-refractivity contribution in [1.82, 2.24) is 4.98 Å². The molecule has 0 saturated heterocycles. The maximum Gasteiger partial charge on any atom is 0.223 e. The molecule has 0 unspecified atom stereocenters. The number of pyridine rings is 1. The Morgan fingerprint density at radius 1 is 0.963 bits per heavy atom. The molecular formula is C21H24N4O2. The molecule has 4 rings (SSSR count). The predicted molar refractivity (Wildman–Crippen MR) is 105 cm³/mol. The molecule has 140 valence electrons. The first kappa shape index (κ1) is 17.8. The van der Waals surface area contributed by atoms with Gasteiger partial charge in [-0.05, 0) is 42.0 Å². The van der Waals surface area contributed by atoms with Crippen molar-refractivity contribution < 1.29 is 9.47 Å². The summed E-state index contributed by atoms with van der Waals surface area (Å²) in [4.78, 5) is 4.93. The minimum Gasteiger partial charge on any atom is -0.475 e. The van der Waals surface area contributed by atoms with E-state index >= 15 is 0 Å². The van der Waals surface area contributed by atoms with Crippen molar-refractivity contribution in [3.63, 3.8) is 0 Å². The summed E-state index contributed by atoms with van der Waals surface area (Å²) in [5.74, 6) is 0.623. The molecule has 27 heavy (non-hydrogen) atoms. The lowest BCUT2D eigenvalue weighted by atomic mass is 9.89. The Labute approximate surface area is 159 Å². The Bertz CT molecular complexity index is 862. The summed E-state index contributed by atoms with van der Waals surface area (Å²) < 4.78 is 11.2. The van der Waals surface area contributed by atoms with Gasteiger partial charge < -0.3 is 9.47 Å². The van der Waals surface area contributed by atoms with Crippen LogP contribution in [0.2, 0.25) is 0 Å². The third-order valence-corrected chi connectivity index (χ3v) is 5.02. The van der Waals surface area contributed by atoms with E-state index in [1.807, 2.05) is 6.07 Å². The summed E-state index contributed by atoms with van der Waals surface area (Å²) >= 11 is 0. The Hall–Kier alpha value is -2.60. The van der Waals surface area contributed by atoms with Crippen LogP contribution in [0.15, 0.2) is 45.8 Å². The largest absolute Gasteiger partial charge is 0.475 e. The van der Waals surface area contributed by atoms with Gasteiger partial charge in [0.25, 0.3) is 0 Å². The first-order valence-electron chi connectivity index (χ1n) is 9.55. The van der Waals surface area contributed by atoms with Crippen LogP contribution < -0.4 is 4.74 Å². The molecule has 1 aliphatic carbocycles. The molecule has 2 aromatic rings. The SMILES string of the molecule is COCCOc1nc2c(c(-c3ccccc3)c1C1=NN=NC1)CCCCC2. The summed E-state index contributed by atoms with van der Waals surface area (Å²) in [6, 6.07) is 10.5. The van der Waals surface area contributed by atoms with Crippen molar-refractivity contribution in [3.8, 4) is 17.0 Å². The number of hydrogen-bond donors (Lipinski definition) is 0. The second-order valence-corrected chi connectivity index (χ2v) is 6.80. The molecule has 0 amide bonds. The van der Waals surface area contributed by atoms with Crippen LogP contribution in [0.25, 0.3) is 11.1 Å². The van der Waals surface area contributed by atoms with E-state index in [4.69, 9.17) is 14.5 Å². The molecule has 1 aromatic heterocycles. The lowest BCUT2D eigenvalue weighted by molar-refractivity contribution is 0.143. The molecule has 0 atom stereocenters. The van der Waals surface area contributed by atoms with Gasteiger partial charge in [-0.2, -0.15) is 5.11 Å². The number of ether oxygens (including phenoxy) is 2. The van der Waals surface area contributed by atoms with Gasteiger partial charge in [0.05, 0.1) is 12.2 Å². The number of hydrogen-bond acceptors (Lipinski definition) is 6. The van der Waals surface area contributed by atoms with Crippen LogP contribution in [0.4, 0.5) is 0 Å². The van der Waals surface area contributed by atoms with Crippen molar-refractivity contribution in [3.05, 3.63) is 47.2 Å². The van der Waals surface area contributed by atoms with Gasteiger partial charge in [-0.25, -0.2) is 4.98 Å². The average molecular weight is 364 g/mol. The number of rotatable bonds is 6. The van der Waals surface area contributed by atoms with E-state index in [0.29, 0.717) is 25.6 Å². The van der Waals surface area contributed by atoms with E-state index < -0.39 is 0 Å². The van der Waals surface area contributed by atoms with Gasteiger partial charge in [0.1, 0.15) is 18.9 Å². The maximum atomic E-state index is 6.06. The van der Waals surface area contributed by atoms with Gasteiger partial charge in [-0.15, -0.1) is 5.10 Å². The highest BCUT2D eigenvalue weighted by molar-refractivity contribution is 6.10. The molecular weight excluding hydrogens is 340 g/mol. The van der Waals surface area contributed by atoms with E-state index in [0.717, 1.165) is 36.2 Å². The highest BCUT2D eigenvalue weighted by Gasteiger charge is 2.27. The molecule has 2 heterocycles. The quantitative estimate of drug-likeness (QED) is 0.569. The highest BCUT2D eigenvalue weighted by Crippen LogP contribution is 2.38. The maximum absolute atomic E-state index is 6.06. The van der Waals surface area contributed by atoms with E-state index in [1.54, 1.807) is 7.11 Å². The van der Waals surface area contributed by atoms with Crippen LogP contribution in [-0.4, -0.2) is 37.6 Å². The molecule has 2 aliphatic rings. The van der Waals surface area contributed by atoms with E-state index in [2.05, 4.69) is 39.7 Å². The lowest BCUT2D eigenvalue weighted by Gasteiger charge is -2.20. The Morgan fingerprint density at radius 3 is 2.59 bits per heavy atom. The topological polar surface area (TPSA) is 68.4 Å². The van der Waals surface area contributed by atoms with E-state index in [1.165, 1.54) is 29.5 Å². The molecule has 0 bridgehead atoms. The molecule has 0 radical (unpaired) electrons.